The van der Waals surface area contributed by atoms with Gasteiger partial charge in [-0.2, -0.15) is 0 Å². The number of ketones is 1. The molecule has 0 aromatic heterocycles. The van der Waals surface area contributed by atoms with E-state index in [-0.39, 0.29) is 5.78 Å². The number of carbonyl (C=O) groups excluding carboxylic acids is 1. The van der Waals surface area contributed by atoms with Crippen molar-refractivity contribution in [2.75, 3.05) is 13.1 Å². The minimum absolute atomic E-state index is 0.262. The summed E-state index contributed by atoms with van der Waals surface area (Å²) in [6.07, 6.45) is 6.51. The molecule has 2 heterocycles. The van der Waals surface area contributed by atoms with Crippen LogP contribution in [-0.4, -0.2) is 23.8 Å². The van der Waals surface area contributed by atoms with E-state index < -0.39 is 0 Å². The van der Waals surface area contributed by atoms with Crippen LogP contribution in [0, 0.1) is 0 Å². The summed E-state index contributed by atoms with van der Waals surface area (Å²) in [6, 6.07) is 0. The fourth-order valence-corrected chi connectivity index (χ4v) is 1.35. The predicted octanol–water partition coefficient (Wildman–Crippen LogP) is 0.715. The highest BCUT2D eigenvalue weighted by molar-refractivity contribution is 5.91. The lowest BCUT2D eigenvalue weighted by molar-refractivity contribution is -0.115. The summed E-state index contributed by atoms with van der Waals surface area (Å²) in [5.41, 5.74) is 1.09. The highest BCUT2D eigenvalue weighted by Crippen LogP contribution is 2.17. The maximum absolute atomic E-state index is 10.9. The normalized spacial score (nSPS) is 23.0. The Morgan fingerprint density at radius 2 is 2.40 bits per heavy atom. The molecule has 0 saturated carbocycles. The Morgan fingerprint density at radius 1 is 1.50 bits per heavy atom. The third-order valence-electron chi connectivity index (χ3n) is 1.92. The summed E-state index contributed by atoms with van der Waals surface area (Å²) in [5, 5.41) is 0. The minimum atomic E-state index is 0.262. The van der Waals surface area contributed by atoms with Gasteiger partial charge in [-0.05, 0) is 6.08 Å². The molecule has 0 amide bonds. The standard InChI is InChI=1S/C8H9NO/c10-8-3-5-9-4-1-2-7(9)6-8/h1-2,6H,3-5H2. The van der Waals surface area contributed by atoms with Crippen LogP contribution >= 0.6 is 0 Å². The summed E-state index contributed by atoms with van der Waals surface area (Å²) >= 11 is 0. The quantitative estimate of drug-likeness (QED) is 0.487. The van der Waals surface area contributed by atoms with Gasteiger partial charge in [0, 0.05) is 31.3 Å². The molecule has 0 atom stereocenters. The second-order valence-corrected chi connectivity index (χ2v) is 2.63. The summed E-state index contributed by atoms with van der Waals surface area (Å²) in [6.45, 7) is 1.89. The SMILES string of the molecule is O=C1C=C2C=CCN2CC1. The van der Waals surface area contributed by atoms with Crippen molar-refractivity contribution in [1.82, 2.24) is 4.90 Å². The van der Waals surface area contributed by atoms with Crippen LogP contribution in [0.1, 0.15) is 6.42 Å². The number of carbonyl (C=O) groups is 1. The first-order valence-corrected chi connectivity index (χ1v) is 3.52. The molecule has 0 aliphatic carbocycles. The monoisotopic (exact) mass is 135 g/mol. The Balaban J connectivity index is 2.30. The molecule has 0 fully saturated rings. The van der Waals surface area contributed by atoms with Crippen LogP contribution in [0.4, 0.5) is 0 Å². The van der Waals surface area contributed by atoms with E-state index in [1.165, 1.54) is 0 Å². The molecule has 0 aromatic rings. The number of hydrogen-bond donors (Lipinski definition) is 0. The number of fused-ring (bicyclic) bond motifs is 1. The van der Waals surface area contributed by atoms with Gasteiger partial charge < -0.3 is 4.90 Å². The van der Waals surface area contributed by atoms with E-state index in [4.69, 9.17) is 0 Å². The van der Waals surface area contributed by atoms with E-state index in [2.05, 4.69) is 11.0 Å². The molecule has 0 unspecified atom stereocenters. The van der Waals surface area contributed by atoms with Crippen molar-refractivity contribution in [2.45, 2.75) is 6.42 Å². The van der Waals surface area contributed by atoms with E-state index in [0.717, 1.165) is 18.8 Å². The van der Waals surface area contributed by atoms with E-state index in [9.17, 15) is 4.79 Å². The van der Waals surface area contributed by atoms with Crippen LogP contribution in [0.15, 0.2) is 23.9 Å². The van der Waals surface area contributed by atoms with Crippen LogP contribution in [0.5, 0.6) is 0 Å². The summed E-state index contributed by atoms with van der Waals surface area (Å²) in [5.74, 6) is 0.262. The lowest BCUT2D eigenvalue weighted by Crippen LogP contribution is -2.26. The predicted molar refractivity (Wildman–Crippen MR) is 38.4 cm³/mol. The molecule has 52 valence electrons. The smallest absolute Gasteiger partial charge is 0.159 e. The first-order chi connectivity index (χ1) is 4.86. The molecule has 0 saturated heterocycles. The summed E-state index contributed by atoms with van der Waals surface area (Å²) in [7, 11) is 0. The molecule has 0 aromatic carbocycles. The molecular weight excluding hydrogens is 126 g/mol. The number of hydrogen-bond acceptors (Lipinski definition) is 2. The summed E-state index contributed by atoms with van der Waals surface area (Å²) < 4.78 is 0. The number of nitrogens with zero attached hydrogens (tertiary/aromatic N) is 1. The van der Waals surface area contributed by atoms with E-state index in [1.54, 1.807) is 6.08 Å². The highest BCUT2D eigenvalue weighted by Gasteiger charge is 2.17. The minimum Gasteiger partial charge on any atom is -0.367 e. The average molecular weight is 135 g/mol. The van der Waals surface area contributed by atoms with Crippen molar-refractivity contribution in [3.63, 3.8) is 0 Å². The molecule has 2 rings (SSSR count). The molecule has 0 radical (unpaired) electrons. The van der Waals surface area contributed by atoms with Gasteiger partial charge in [-0.1, -0.05) is 6.08 Å². The second-order valence-electron chi connectivity index (χ2n) is 2.63. The van der Waals surface area contributed by atoms with Gasteiger partial charge in [0.2, 0.25) is 0 Å². The van der Waals surface area contributed by atoms with Gasteiger partial charge in [0.15, 0.2) is 5.78 Å². The molecule has 2 aliphatic rings. The topological polar surface area (TPSA) is 20.3 Å². The van der Waals surface area contributed by atoms with Crippen molar-refractivity contribution in [3.8, 4) is 0 Å². The van der Waals surface area contributed by atoms with Crippen molar-refractivity contribution >= 4 is 5.78 Å². The molecule has 0 N–H and O–H groups in total. The second kappa shape index (κ2) is 1.97. The van der Waals surface area contributed by atoms with Gasteiger partial charge in [0.05, 0.1) is 0 Å². The Hall–Kier alpha value is -1.05. The van der Waals surface area contributed by atoms with E-state index in [1.807, 2.05) is 6.08 Å². The van der Waals surface area contributed by atoms with Crippen molar-refractivity contribution < 1.29 is 4.79 Å². The van der Waals surface area contributed by atoms with Gasteiger partial charge in [-0.15, -0.1) is 0 Å². The first-order valence-electron chi connectivity index (χ1n) is 3.52. The third kappa shape index (κ3) is 0.764. The number of allylic oxidation sites excluding steroid dienone is 2. The van der Waals surface area contributed by atoms with Gasteiger partial charge in [0.1, 0.15) is 0 Å². The lowest BCUT2D eigenvalue weighted by Gasteiger charge is -2.22. The van der Waals surface area contributed by atoms with E-state index >= 15 is 0 Å². The zero-order valence-electron chi connectivity index (χ0n) is 5.71. The fraction of sp³-hybridized carbons (Fsp3) is 0.375. The first kappa shape index (κ1) is 5.71. The highest BCUT2D eigenvalue weighted by atomic mass is 16.1. The third-order valence-corrected chi connectivity index (χ3v) is 1.92. The molecular formula is C8H9NO. The van der Waals surface area contributed by atoms with E-state index in [0.29, 0.717) is 6.42 Å². The van der Waals surface area contributed by atoms with Gasteiger partial charge in [-0.25, -0.2) is 0 Å². The molecule has 2 aliphatic heterocycles. The van der Waals surface area contributed by atoms with Crippen molar-refractivity contribution in [2.24, 2.45) is 0 Å². The fourth-order valence-electron chi connectivity index (χ4n) is 1.35. The average Bonchev–Trinajstić information content (AvgIpc) is 2.33. The van der Waals surface area contributed by atoms with Gasteiger partial charge >= 0.3 is 0 Å². The van der Waals surface area contributed by atoms with Crippen LogP contribution in [0.25, 0.3) is 0 Å². The lowest BCUT2D eigenvalue weighted by atomic mass is 10.1. The van der Waals surface area contributed by atoms with Gasteiger partial charge in [0.25, 0.3) is 0 Å². The molecule has 0 spiro atoms. The van der Waals surface area contributed by atoms with Gasteiger partial charge in [-0.3, -0.25) is 4.79 Å². The van der Waals surface area contributed by atoms with Crippen LogP contribution in [0.3, 0.4) is 0 Å². The molecule has 2 nitrogen and oxygen atoms in total. The van der Waals surface area contributed by atoms with Crippen LogP contribution < -0.4 is 0 Å². The Morgan fingerprint density at radius 3 is 3.30 bits per heavy atom. The summed E-state index contributed by atoms with van der Waals surface area (Å²) in [4.78, 5) is 13.1. The van der Waals surface area contributed by atoms with Crippen molar-refractivity contribution in [3.05, 3.63) is 23.9 Å². The number of rotatable bonds is 0. The largest absolute Gasteiger partial charge is 0.367 e. The van der Waals surface area contributed by atoms with Crippen LogP contribution in [-0.2, 0) is 4.79 Å². The zero-order chi connectivity index (χ0) is 6.97. The molecule has 0 bridgehead atoms. The van der Waals surface area contributed by atoms with Crippen molar-refractivity contribution in [1.29, 1.82) is 0 Å². The zero-order valence-corrected chi connectivity index (χ0v) is 5.71. The maximum atomic E-state index is 10.9. The Bertz CT molecular complexity index is 227. The van der Waals surface area contributed by atoms with Crippen LogP contribution in [0.2, 0.25) is 0 Å². The molecule has 2 heteroatoms. The maximum Gasteiger partial charge on any atom is 0.159 e. The molecule has 10 heavy (non-hydrogen) atoms. The Kier molecular flexibility index (Phi) is 1.13. The Labute approximate surface area is 59.8 Å².